The second-order valence-corrected chi connectivity index (χ2v) is 8.09. The summed E-state index contributed by atoms with van der Waals surface area (Å²) in [6.07, 6.45) is 2.05. The number of aromatic nitrogens is 1. The highest BCUT2D eigenvalue weighted by Gasteiger charge is 2.22. The van der Waals surface area contributed by atoms with Gasteiger partial charge in [0.25, 0.3) is 0 Å². The van der Waals surface area contributed by atoms with Crippen LogP contribution in [0.1, 0.15) is 37.6 Å². The van der Waals surface area contributed by atoms with Gasteiger partial charge in [0.2, 0.25) is 11.8 Å². The monoisotopic (exact) mass is 417 g/mol. The van der Waals surface area contributed by atoms with E-state index in [9.17, 15) is 9.59 Å². The van der Waals surface area contributed by atoms with Gasteiger partial charge in [-0.2, -0.15) is 0 Å². The summed E-state index contributed by atoms with van der Waals surface area (Å²) in [5, 5.41) is 0. The molecule has 2 amide bonds. The Morgan fingerprint density at radius 2 is 1.45 bits per heavy atom. The molecule has 0 bridgehead atoms. The molecule has 2 aromatic carbocycles. The SMILES string of the molecule is CC(=O)N(CC(=O)N(Cc1ccccc1)Cc1cccn1Cc1ccccc1)C(C)C. The maximum Gasteiger partial charge on any atom is 0.242 e. The molecule has 0 aliphatic carbocycles. The maximum atomic E-state index is 13.3. The highest BCUT2D eigenvalue weighted by Crippen LogP contribution is 2.14. The van der Waals surface area contributed by atoms with Crippen molar-refractivity contribution in [3.63, 3.8) is 0 Å². The minimum atomic E-state index is -0.0875. The van der Waals surface area contributed by atoms with Crippen LogP contribution in [0.25, 0.3) is 0 Å². The van der Waals surface area contributed by atoms with Crippen LogP contribution in [0.2, 0.25) is 0 Å². The van der Waals surface area contributed by atoms with Gasteiger partial charge in [0.15, 0.2) is 0 Å². The number of hydrogen-bond donors (Lipinski definition) is 0. The molecule has 0 aliphatic heterocycles. The lowest BCUT2D eigenvalue weighted by Gasteiger charge is -2.29. The average Bonchev–Trinajstić information content (AvgIpc) is 3.19. The number of carbonyl (C=O) groups excluding carboxylic acids is 2. The Labute approximate surface area is 184 Å². The Kier molecular flexibility index (Phi) is 7.65. The summed E-state index contributed by atoms with van der Waals surface area (Å²) in [7, 11) is 0. The Morgan fingerprint density at radius 3 is 2.03 bits per heavy atom. The van der Waals surface area contributed by atoms with Crippen LogP contribution >= 0.6 is 0 Å². The first-order valence-electron chi connectivity index (χ1n) is 10.7. The molecule has 0 fully saturated rings. The van der Waals surface area contributed by atoms with Gasteiger partial charge in [0.05, 0.1) is 13.1 Å². The summed E-state index contributed by atoms with van der Waals surface area (Å²) >= 11 is 0. The van der Waals surface area contributed by atoms with E-state index in [1.165, 1.54) is 12.5 Å². The first-order chi connectivity index (χ1) is 14.9. The fourth-order valence-corrected chi connectivity index (χ4v) is 3.66. The molecule has 0 spiro atoms. The molecule has 3 rings (SSSR count). The van der Waals surface area contributed by atoms with E-state index in [-0.39, 0.29) is 24.4 Å². The predicted molar refractivity (Wildman–Crippen MR) is 123 cm³/mol. The van der Waals surface area contributed by atoms with Gasteiger partial charge in [-0.3, -0.25) is 9.59 Å². The van der Waals surface area contributed by atoms with Gasteiger partial charge < -0.3 is 14.4 Å². The molecule has 162 valence electrons. The topological polar surface area (TPSA) is 45.6 Å². The molecule has 31 heavy (non-hydrogen) atoms. The summed E-state index contributed by atoms with van der Waals surface area (Å²) in [6, 6.07) is 24.3. The van der Waals surface area contributed by atoms with Crippen molar-refractivity contribution in [1.82, 2.24) is 14.4 Å². The van der Waals surface area contributed by atoms with Crippen molar-refractivity contribution in [1.29, 1.82) is 0 Å². The number of benzene rings is 2. The van der Waals surface area contributed by atoms with Gasteiger partial charge in [-0.05, 0) is 37.1 Å². The van der Waals surface area contributed by atoms with E-state index in [2.05, 4.69) is 22.8 Å². The van der Waals surface area contributed by atoms with E-state index in [1.807, 2.05) is 79.5 Å². The molecule has 0 unspecified atom stereocenters. The van der Waals surface area contributed by atoms with Crippen molar-refractivity contribution in [3.05, 3.63) is 95.8 Å². The summed E-state index contributed by atoms with van der Waals surface area (Å²) in [5.74, 6) is -0.143. The third kappa shape index (κ3) is 6.32. The molecule has 0 N–H and O–H groups in total. The van der Waals surface area contributed by atoms with E-state index < -0.39 is 0 Å². The molecular weight excluding hydrogens is 386 g/mol. The molecule has 3 aromatic rings. The Bertz CT molecular complexity index is 980. The van der Waals surface area contributed by atoms with Crippen LogP contribution in [0.4, 0.5) is 0 Å². The number of nitrogens with zero attached hydrogens (tertiary/aromatic N) is 3. The van der Waals surface area contributed by atoms with Crippen molar-refractivity contribution in [2.45, 2.75) is 46.4 Å². The normalized spacial score (nSPS) is 10.8. The standard InChI is InChI=1S/C26H31N3O2/c1-21(2)29(22(3)30)20-26(31)28(18-24-13-8-5-9-14-24)19-25-15-10-16-27(25)17-23-11-6-4-7-12-23/h4-16,21H,17-20H2,1-3H3. The third-order valence-corrected chi connectivity index (χ3v) is 5.37. The van der Waals surface area contributed by atoms with Crippen molar-refractivity contribution in [2.24, 2.45) is 0 Å². The lowest BCUT2D eigenvalue weighted by Crippen LogP contribution is -2.44. The number of rotatable bonds is 9. The minimum absolute atomic E-state index is 0.0260. The summed E-state index contributed by atoms with van der Waals surface area (Å²) in [5.41, 5.74) is 3.34. The quantitative estimate of drug-likeness (QED) is 0.520. The van der Waals surface area contributed by atoms with Crippen molar-refractivity contribution < 1.29 is 9.59 Å². The van der Waals surface area contributed by atoms with Gasteiger partial charge >= 0.3 is 0 Å². The van der Waals surface area contributed by atoms with Gasteiger partial charge in [0.1, 0.15) is 0 Å². The molecule has 0 saturated heterocycles. The van der Waals surface area contributed by atoms with Crippen LogP contribution < -0.4 is 0 Å². The summed E-state index contributed by atoms with van der Waals surface area (Å²) in [6.45, 7) is 7.20. The zero-order valence-electron chi connectivity index (χ0n) is 18.6. The third-order valence-electron chi connectivity index (χ3n) is 5.37. The maximum absolute atomic E-state index is 13.3. The first kappa shape index (κ1) is 22.3. The van der Waals surface area contributed by atoms with Crippen LogP contribution in [0.3, 0.4) is 0 Å². The van der Waals surface area contributed by atoms with E-state index in [0.717, 1.165) is 17.8 Å². The molecule has 0 saturated carbocycles. The van der Waals surface area contributed by atoms with E-state index in [1.54, 1.807) is 4.90 Å². The predicted octanol–water partition coefficient (Wildman–Crippen LogP) is 4.32. The van der Waals surface area contributed by atoms with Gasteiger partial charge in [0, 0.05) is 37.9 Å². The number of hydrogen-bond acceptors (Lipinski definition) is 2. The van der Waals surface area contributed by atoms with Crippen LogP contribution in [0.5, 0.6) is 0 Å². The van der Waals surface area contributed by atoms with Crippen molar-refractivity contribution in [2.75, 3.05) is 6.54 Å². The summed E-state index contributed by atoms with van der Waals surface area (Å²) < 4.78 is 2.17. The van der Waals surface area contributed by atoms with E-state index >= 15 is 0 Å². The lowest BCUT2D eigenvalue weighted by molar-refractivity contribution is -0.141. The largest absolute Gasteiger partial charge is 0.345 e. The zero-order valence-corrected chi connectivity index (χ0v) is 18.6. The van der Waals surface area contributed by atoms with E-state index in [4.69, 9.17) is 0 Å². The van der Waals surface area contributed by atoms with Gasteiger partial charge in [-0.1, -0.05) is 60.7 Å². The minimum Gasteiger partial charge on any atom is -0.345 e. The van der Waals surface area contributed by atoms with Crippen LogP contribution in [0.15, 0.2) is 79.0 Å². The lowest BCUT2D eigenvalue weighted by atomic mass is 10.2. The Hall–Kier alpha value is -3.34. The highest BCUT2D eigenvalue weighted by molar-refractivity contribution is 5.84. The Balaban J connectivity index is 1.81. The second-order valence-electron chi connectivity index (χ2n) is 8.09. The van der Waals surface area contributed by atoms with Crippen molar-refractivity contribution >= 4 is 11.8 Å². The smallest absolute Gasteiger partial charge is 0.242 e. The van der Waals surface area contributed by atoms with Gasteiger partial charge in [-0.15, -0.1) is 0 Å². The summed E-state index contributed by atoms with van der Waals surface area (Å²) in [4.78, 5) is 28.8. The molecule has 0 radical (unpaired) electrons. The highest BCUT2D eigenvalue weighted by atomic mass is 16.2. The zero-order chi connectivity index (χ0) is 22.2. The second kappa shape index (κ2) is 10.6. The first-order valence-corrected chi connectivity index (χ1v) is 10.7. The average molecular weight is 418 g/mol. The molecule has 0 atom stereocenters. The molecule has 0 aliphatic rings. The molecule has 5 heteroatoms. The van der Waals surface area contributed by atoms with E-state index in [0.29, 0.717) is 13.1 Å². The number of amides is 2. The Morgan fingerprint density at radius 1 is 0.839 bits per heavy atom. The van der Waals surface area contributed by atoms with Crippen LogP contribution in [0, 0.1) is 0 Å². The van der Waals surface area contributed by atoms with Crippen LogP contribution in [-0.2, 0) is 29.2 Å². The molecule has 1 aromatic heterocycles. The van der Waals surface area contributed by atoms with Crippen LogP contribution in [-0.4, -0.2) is 38.8 Å². The molecule has 1 heterocycles. The molecule has 5 nitrogen and oxygen atoms in total. The van der Waals surface area contributed by atoms with Gasteiger partial charge in [-0.25, -0.2) is 0 Å². The fraction of sp³-hybridized carbons (Fsp3) is 0.308. The fourth-order valence-electron chi connectivity index (χ4n) is 3.66. The van der Waals surface area contributed by atoms with Crippen molar-refractivity contribution in [3.8, 4) is 0 Å². The number of carbonyl (C=O) groups is 2. The molecular formula is C26H31N3O2.